The number of rotatable bonds is 4. The molecule has 176 valence electrons. The van der Waals surface area contributed by atoms with Gasteiger partial charge in [-0.1, -0.05) is 24.6 Å². The van der Waals surface area contributed by atoms with E-state index in [9.17, 15) is 9.59 Å². The Labute approximate surface area is 204 Å². The van der Waals surface area contributed by atoms with Gasteiger partial charge in [0.1, 0.15) is 0 Å². The van der Waals surface area contributed by atoms with Crippen molar-refractivity contribution in [1.82, 2.24) is 24.6 Å². The molecule has 1 fully saturated rings. The lowest BCUT2D eigenvalue weighted by atomic mass is 10.1. The van der Waals surface area contributed by atoms with Crippen LogP contribution in [-0.2, 0) is 11.8 Å². The zero-order chi connectivity index (χ0) is 22.8. The molecule has 1 aliphatic rings. The molecule has 2 amide bonds. The molecule has 0 saturated carbocycles. The number of hydrogen-bond acceptors (Lipinski definition) is 5. The average molecular weight is 490 g/mol. The van der Waals surface area contributed by atoms with E-state index < -0.39 is 0 Å². The van der Waals surface area contributed by atoms with Crippen LogP contribution in [0.3, 0.4) is 0 Å². The van der Waals surface area contributed by atoms with Crippen molar-refractivity contribution in [1.29, 1.82) is 0 Å². The van der Waals surface area contributed by atoms with Gasteiger partial charge in [-0.2, -0.15) is 18.6 Å². The maximum atomic E-state index is 13.3. The number of aromatic nitrogens is 3. The lowest BCUT2D eigenvalue weighted by Gasteiger charge is -2.39. The van der Waals surface area contributed by atoms with Crippen molar-refractivity contribution in [2.75, 3.05) is 26.2 Å². The van der Waals surface area contributed by atoms with E-state index >= 15 is 0 Å². The Morgan fingerprint density at radius 3 is 2.70 bits per heavy atom. The first-order chi connectivity index (χ1) is 15.4. The summed E-state index contributed by atoms with van der Waals surface area (Å²) in [7, 11) is 1.84. The Balaban J connectivity index is 0.00000306. The van der Waals surface area contributed by atoms with Gasteiger partial charge in [0, 0.05) is 55.4 Å². The highest BCUT2D eigenvalue weighted by Gasteiger charge is 2.31. The largest absolute Gasteiger partial charge is 0.449 e. The molecule has 8 nitrogen and oxygen atoms in total. The van der Waals surface area contributed by atoms with Crippen LogP contribution in [0.4, 0.5) is 4.79 Å². The maximum absolute atomic E-state index is 13.3. The molecule has 0 radical (unpaired) electrons. The third-order valence-electron chi connectivity index (χ3n) is 5.58. The van der Waals surface area contributed by atoms with Crippen LogP contribution in [0.2, 0.25) is 5.02 Å². The number of fused-ring (bicyclic) bond motifs is 1. The second kappa shape index (κ2) is 10.4. The summed E-state index contributed by atoms with van der Waals surface area (Å²) in [5.41, 5.74) is 2.75. The molecule has 10 heteroatoms. The Kier molecular flexibility index (Phi) is 7.86. The first-order valence-corrected chi connectivity index (χ1v) is 11.1. The molecular formula is C23H28ClN5O3S. The lowest BCUT2D eigenvalue weighted by Crippen LogP contribution is -2.55. The fraction of sp³-hybridized carbons (Fsp3) is 0.391. The molecule has 33 heavy (non-hydrogen) atoms. The number of carbonyl (C=O) groups is 2. The third-order valence-corrected chi connectivity index (χ3v) is 5.90. The Morgan fingerprint density at radius 1 is 1.24 bits per heavy atom. The fourth-order valence-corrected chi connectivity index (χ4v) is 4.16. The van der Waals surface area contributed by atoms with Gasteiger partial charge in [-0.25, -0.2) is 9.78 Å². The molecule has 1 atom stereocenters. The number of hydrogen-bond donors (Lipinski definition) is 0. The molecule has 2 aromatic heterocycles. The molecule has 0 bridgehead atoms. The van der Waals surface area contributed by atoms with Crippen LogP contribution in [-0.4, -0.2) is 68.8 Å². The molecule has 0 unspecified atom stereocenters. The number of pyridine rings is 1. The standard InChI is InChI=1S/C23H26ClN5O3.H2S/c1-4-9-32-23(31)28-7-8-29(15(2)13-28)22(30)16-5-6-18-19(24)11-20(26-21(18)10-16)17-12-25-27(3)14-17;/h5-6,10-12,14-15H,4,7-9,13H2,1-3H3;1H2/t15-;/m0./s1. The van der Waals surface area contributed by atoms with Crippen LogP contribution in [0, 0.1) is 0 Å². The number of piperazine rings is 1. The van der Waals surface area contributed by atoms with Gasteiger partial charge in [0.2, 0.25) is 0 Å². The molecule has 1 saturated heterocycles. The third kappa shape index (κ3) is 5.25. The quantitative estimate of drug-likeness (QED) is 0.551. The zero-order valence-electron chi connectivity index (χ0n) is 18.9. The Hall–Kier alpha value is -2.78. The Bertz CT molecular complexity index is 1170. The number of amides is 2. The van der Waals surface area contributed by atoms with Gasteiger partial charge in [0.05, 0.1) is 29.0 Å². The van der Waals surface area contributed by atoms with Gasteiger partial charge in [0.15, 0.2) is 0 Å². The minimum atomic E-state index is -0.321. The van der Waals surface area contributed by atoms with Crippen molar-refractivity contribution in [3.8, 4) is 11.3 Å². The average Bonchev–Trinajstić information content (AvgIpc) is 3.22. The predicted molar refractivity (Wildman–Crippen MR) is 133 cm³/mol. The van der Waals surface area contributed by atoms with Gasteiger partial charge >= 0.3 is 6.09 Å². The smallest absolute Gasteiger partial charge is 0.409 e. The first-order valence-electron chi connectivity index (χ1n) is 10.7. The van der Waals surface area contributed by atoms with E-state index in [4.69, 9.17) is 21.3 Å². The molecular weight excluding hydrogens is 462 g/mol. The summed E-state index contributed by atoms with van der Waals surface area (Å²) in [6, 6.07) is 7.06. The van der Waals surface area contributed by atoms with Crippen molar-refractivity contribution in [2.45, 2.75) is 26.3 Å². The van der Waals surface area contributed by atoms with E-state index in [1.54, 1.807) is 38.9 Å². The highest BCUT2D eigenvalue weighted by molar-refractivity contribution is 7.59. The SMILES string of the molecule is CCCOC(=O)N1CCN(C(=O)c2ccc3c(Cl)cc(-c4cnn(C)c4)nc3c2)[C@@H](C)C1.S. The molecule has 1 aromatic carbocycles. The summed E-state index contributed by atoms with van der Waals surface area (Å²) < 4.78 is 6.93. The number of halogens is 1. The van der Waals surface area contributed by atoms with Crippen LogP contribution < -0.4 is 0 Å². The summed E-state index contributed by atoms with van der Waals surface area (Å²) in [5, 5.41) is 5.54. The molecule has 0 spiro atoms. The van der Waals surface area contributed by atoms with E-state index in [0.29, 0.717) is 48.0 Å². The van der Waals surface area contributed by atoms with Crippen LogP contribution in [0.5, 0.6) is 0 Å². The van der Waals surface area contributed by atoms with Crippen molar-refractivity contribution in [3.63, 3.8) is 0 Å². The molecule has 1 aliphatic heterocycles. The number of nitrogens with zero attached hydrogens (tertiary/aromatic N) is 5. The zero-order valence-corrected chi connectivity index (χ0v) is 20.7. The number of ether oxygens (including phenoxy) is 1. The summed E-state index contributed by atoms with van der Waals surface area (Å²) in [4.78, 5) is 33.6. The van der Waals surface area contributed by atoms with Gasteiger partial charge in [-0.3, -0.25) is 9.48 Å². The van der Waals surface area contributed by atoms with E-state index in [1.807, 2.05) is 33.2 Å². The van der Waals surface area contributed by atoms with Crippen molar-refractivity contribution in [3.05, 3.63) is 47.2 Å². The van der Waals surface area contributed by atoms with E-state index in [0.717, 1.165) is 17.4 Å². The van der Waals surface area contributed by atoms with Crippen LogP contribution in [0.25, 0.3) is 22.2 Å². The molecule has 0 N–H and O–H groups in total. The van der Waals surface area contributed by atoms with Gasteiger partial charge < -0.3 is 14.5 Å². The minimum absolute atomic E-state index is 0. The van der Waals surface area contributed by atoms with Crippen LogP contribution >= 0.6 is 25.1 Å². The van der Waals surface area contributed by atoms with Crippen LogP contribution in [0.1, 0.15) is 30.6 Å². The Morgan fingerprint density at radius 2 is 2.03 bits per heavy atom. The molecule has 4 rings (SSSR count). The summed E-state index contributed by atoms with van der Waals surface area (Å²) in [5.74, 6) is -0.0920. The summed E-state index contributed by atoms with van der Waals surface area (Å²) in [6.45, 7) is 5.63. The number of benzene rings is 1. The normalized spacial score (nSPS) is 15.9. The number of carbonyl (C=O) groups excluding carboxylic acids is 2. The topological polar surface area (TPSA) is 80.6 Å². The van der Waals surface area contributed by atoms with E-state index in [1.165, 1.54) is 0 Å². The molecule has 3 aromatic rings. The minimum Gasteiger partial charge on any atom is -0.449 e. The highest BCUT2D eigenvalue weighted by Crippen LogP contribution is 2.29. The predicted octanol–water partition coefficient (Wildman–Crippen LogP) is 4.09. The maximum Gasteiger partial charge on any atom is 0.409 e. The molecule has 0 aliphatic carbocycles. The second-order valence-corrected chi connectivity index (χ2v) is 8.44. The highest BCUT2D eigenvalue weighted by atomic mass is 35.5. The van der Waals surface area contributed by atoms with Crippen LogP contribution in [0.15, 0.2) is 36.7 Å². The molecule has 3 heterocycles. The van der Waals surface area contributed by atoms with Gasteiger partial charge in [0.25, 0.3) is 5.91 Å². The fourth-order valence-electron chi connectivity index (χ4n) is 3.89. The summed E-state index contributed by atoms with van der Waals surface area (Å²) >= 11 is 6.49. The first kappa shape index (κ1) is 24.9. The summed E-state index contributed by atoms with van der Waals surface area (Å²) in [6.07, 6.45) is 4.05. The van der Waals surface area contributed by atoms with Gasteiger partial charge in [-0.15, -0.1) is 0 Å². The van der Waals surface area contributed by atoms with E-state index in [2.05, 4.69) is 5.10 Å². The lowest BCUT2D eigenvalue weighted by molar-refractivity contribution is 0.0414. The number of aryl methyl sites for hydroxylation is 1. The van der Waals surface area contributed by atoms with Gasteiger partial charge in [-0.05, 0) is 31.5 Å². The van der Waals surface area contributed by atoms with Crippen molar-refractivity contribution < 1.29 is 14.3 Å². The van der Waals surface area contributed by atoms with Crippen molar-refractivity contribution in [2.24, 2.45) is 7.05 Å². The van der Waals surface area contributed by atoms with Crippen molar-refractivity contribution >= 4 is 48.0 Å². The second-order valence-electron chi connectivity index (χ2n) is 8.03. The monoisotopic (exact) mass is 489 g/mol. The van der Waals surface area contributed by atoms with E-state index in [-0.39, 0.29) is 31.5 Å².